The van der Waals surface area contributed by atoms with Gasteiger partial charge in [-0.25, -0.2) is 0 Å². The van der Waals surface area contributed by atoms with Gasteiger partial charge in [0.25, 0.3) is 0 Å². The number of hydrogen-bond donors (Lipinski definition) is 4. The molecule has 0 heterocycles. The van der Waals surface area contributed by atoms with Gasteiger partial charge in [-0.2, -0.15) is 0 Å². The summed E-state index contributed by atoms with van der Waals surface area (Å²) < 4.78 is 0. The van der Waals surface area contributed by atoms with Crippen LogP contribution in [0, 0.1) is 0 Å². The molecule has 0 spiro atoms. The fourth-order valence-electron chi connectivity index (χ4n) is 2.00. The molecule has 2 aromatic rings. The number of rotatable bonds is 5. The third kappa shape index (κ3) is 3.95. The zero-order valence-corrected chi connectivity index (χ0v) is 11.0. The standard InChI is InChI=1S/C14H16B2O4/c17-15(18)13-7-3-11(4-8-13)1-2-12-5-9-14(10-6-12)16(19)20/h3-10,17-20H,1-2H2. The Kier molecular flexibility index (Phi) is 4.98. The summed E-state index contributed by atoms with van der Waals surface area (Å²) in [6, 6.07) is 14.3. The lowest BCUT2D eigenvalue weighted by molar-refractivity contribution is 0.424. The van der Waals surface area contributed by atoms with Gasteiger partial charge in [-0.15, -0.1) is 0 Å². The zero-order chi connectivity index (χ0) is 14.5. The number of aryl methyl sites for hydroxylation is 2. The van der Waals surface area contributed by atoms with Gasteiger partial charge < -0.3 is 20.1 Å². The first-order valence-electron chi connectivity index (χ1n) is 6.46. The maximum atomic E-state index is 9.01. The molecule has 0 unspecified atom stereocenters. The molecule has 6 heteroatoms. The Hall–Kier alpha value is -1.59. The van der Waals surface area contributed by atoms with E-state index < -0.39 is 14.2 Å². The van der Waals surface area contributed by atoms with Gasteiger partial charge in [0.15, 0.2) is 0 Å². The van der Waals surface area contributed by atoms with Crippen LogP contribution in [0.1, 0.15) is 11.1 Å². The molecule has 4 N–H and O–H groups in total. The topological polar surface area (TPSA) is 80.9 Å². The van der Waals surface area contributed by atoms with Crippen LogP contribution < -0.4 is 10.9 Å². The minimum absolute atomic E-state index is 0.482. The highest BCUT2D eigenvalue weighted by Crippen LogP contribution is 2.06. The van der Waals surface area contributed by atoms with Crippen LogP contribution in [0.3, 0.4) is 0 Å². The van der Waals surface area contributed by atoms with E-state index in [1.54, 1.807) is 24.3 Å². The van der Waals surface area contributed by atoms with Crippen LogP contribution in [0.25, 0.3) is 0 Å². The van der Waals surface area contributed by atoms with Gasteiger partial charge in [0.1, 0.15) is 0 Å². The maximum absolute atomic E-state index is 9.01. The van der Waals surface area contributed by atoms with E-state index in [1.807, 2.05) is 24.3 Å². The van der Waals surface area contributed by atoms with Crippen LogP contribution in [0.4, 0.5) is 0 Å². The second-order valence-electron chi connectivity index (χ2n) is 4.73. The number of benzene rings is 2. The Balaban J connectivity index is 1.94. The lowest BCUT2D eigenvalue weighted by atomic mass is 9.79. The van der Waals surface area contributed by atoms with Crippen LogP contribution in [0.15, 0.2) is 48.5 Å². The molecule has 0 amide bonds. The molecular formula is C14H16B2O4. The highest BCUT2D eigenvalue weighted by atomic mass is 16.4. The van der Waals surface area contributed by atoms with Crippen molar-refractivity contribution < 1.29 is 20.1 Å². The Morgan fingerprint density at radius 3 is 1.10 bits per heavy atom. The smallest absolute Gasteiger partial charge is 0.423 e. The first kappa shape index (κ1) is 14.8. The molecule has 0 aliphatic heterocycles. The van der Waals surface area contributed by atoms with E-state index in [2.05, 4.69) is 0 Å². The molecule has 0 saturated heterocycles. The largest absolute Gasteiger partial charge is 0.488 e. The third-order valence-corrected chi connectivity index (χ3v) is 3.26. The molecule has 0 aromatic heterocycles. The monoisotopic (exact) mass is 270 g/mol. The van der Waals surface area contributed by atoms with Crippen molar-refractivity contribution in [3.05, 3.63) is 59.7 Å². The zero-order valence-electron chi connectivity index (χ0n) is 11.0. The second kappa shape index (κ2) is 6.72. The van der Waals surface area contributed by atoms with Crippen molar-refractivity contribution in [2.75, 3.05) is 0 Å². The van der Waals surface area contributed by atoms with Gasteiger partial charge in [-0.1, -0.05) is 48.5 Å². The van der Waals surface area contributed by atoms with E-state index in [9.17, 15) is 0 Å². The average molecular weight is 270 g/mol. The van der Waals surface area contributed by atoms with Gasteiger partial charge in [0.2, 0.25) is 0 Å². The molecule has 20 heavy (non-hydrogen) atoms. The van der Waals surface area contributed by atoms with Gasteiger partial charge in [-0.05, 0) is 34.9 Å². The summed E-state index contributed by atoms with van der Waals surface area (Å²) in [7, 11) is -2.86. The Morgan fingerprint density at radius 2 is 0.850 bits per heavy atom. The maximum Gasteiger partial charge on any atom is 0.488 e. The first-order valence-corrected chi connectivity index (χ1v) is 6.46. The van der Waals surface area contributed by atoms with Crippen molar-refractivity contribution in [3.8, 4) is 0 Å². The normalized spacial score (nSPS) is 10.4. The van der Waals surface area contributed by atoms with Crippen LogP contribution in [0.2, 0.25) is 0 Å². The van der Waals surface area contributed by atoms with Gasteiger partial charge >= 0.3 is 14.2 Å². The van der Waals surface area contributed by atoms with Gasteiger partial charge in [0, 0.05) is 0 Å². The summed E-state index contributed by atoms with van der Waals surface area (Å²) in [6.45, 7) is 0. The lowest BCUT2D eigenvalue weighted by Crippen LogP contribution is -2.29. The molecule has 2 aromatic carbocycles. The van der Waals surface area contributed by atoms with Crippen LogP contribution in [-0.4, -0.2) is 34.3 Å². The number of hydrogen-bond acceptors (Lipinski definition) is 4. The first-order chi connectivity index (χ1) is 9.56. The second-order valence-corrected chi connectivity index (χ2v) is 4.73. The summed E-state index contributed by atoms with van der Waals surface area (Å²) in [5, 5.41) is 36.0. The van der Waals surface area contributed by atoms with Crippen molar-refractivity contribution in [3.63, 3.8) is 0 Å². The quantitative estimate of drug-likeness (QED) is 0.516. The van der Waals surface area contributed by atoms with Crippen LogP contribution in [0.5, 0.6) is 0 Å². The third-order valence-electron chi connectivity index (χ3n) is 3.26. The summed E-state index contributed by atoms with van der Waals surface area (Å²) >= 11 is 0. The molecule has 0 aliphatic rings. The molecule has 102 valence electrons. The fourth-order valence-corrected chi connectivity index (χ4v) is 2.00. The average Bonchev–Trinajstić information content (AvgIpc) is 2.46. The van der Waals surface area contributed by atoms with Crippen molar-refractivity contribution in [1.29, 1.82) is 0 Å². The fraction of sp³-hybridized carbons (Fsp3) is 0.143. The van der Waals surface area contributed by atoms with E-state index in [1.165, 1.54) is 0 Å². The van der Waals surface area contributed by atoms with Crippen molar-refractivity contribution >= 4 is 25.2 Å². The summed E-state index contributed by atoms with van der Waals surface area (Å²) in [6.07, 6.45) is 1.67. The van der Waals surface area contributed by atoms with Crippen LogP contribution in [-0.2, 0) is 12.8 Å². The van der Waals surface area contributed by atoms with E-state index >= 15 is 0 Å². The van der Waals surface area contributed by atoms with E-state index in [0.29, 0.717) is 10.9 Å². The molecule has 4 nitrogen and oxygen atoms in total. The molecule has 2 rings (SSSR count). The lowest BCUT2D eigenvalue weighted by Gasteiger charge is -2.05. The predicted octanol–water partition coefficient (Wildman–Crippen LogP) is -1.17. The Bertz CT molecular complexity index is 487. The van der Waals surface area contributed by atoms with Crippen molar-refractivity contribution in [2.45, 2.75) is 12.8 Å². The molecule has 0 bridgehead atoms. The highest BCUT2D eigenvalue weighted by Gasteiger charge is 2.10. The molecular weight excluding hydrogens is 254 g/mol. The van der Waals surface area contributed by atoms with Gasteiger partial charge in [0.05, 0.1) is 0 Å². The van der Waals surface area contributed by atoms with Crippen LogP contribution >= 0.6 is 0 Å². The van der Waals surface area contributed by atoms with Crippen molar-refractivity contribution in [2.24, 2.45) is 0 Å². The summed E-state index contributed by atoms with van der Waals surface area (Å²) in [5.74, 6) is 0. The predicted molar refractivity (Wildman–Crippen MR) is 79.9 cm³/mol. The van der Waals surface area contributed by atoms with Gasteiger partial charge in [-0.3, -0.25) is 0 Å². The van der Waals surface area contributed by atoms with Crippen molar-refractivity contribution in [1.82, 2.24) is 0 Å². The minimum Gasteiger partial charge on any atom is -0.423 e. The molecule has 0 radical (unpaired) electrons. The Labute approximate surface area is 118 Å². The minimum atomic E-state index is -1.43. The van der Waals surface area contributed by atoms with E-state index in [4.69, 9.17) is 20.1 Å². The Morgan fingerprint density at radius 1 is 0.550 bits per heavy atom. The summed E-state index contributed by atoms with van der Waals surface area (Å²) in [5.41, 5.74) is 3.19. The van der Waals surface area contributed by atoms with E-state index in [0.717, 1.165) is 24.0 Å². The highest BCUT2D eigenvalue weighted by molar-refractivity contribution is 6.58. The SMILES string of the molecule is OB(O)c1ccc(CCc2ccc(B(O)O)cc2)cc1. The molecule has 0 fully saturated rings. The molecule has 0 aliphatic carbocycles. The van der Waals surface area contributed by atoms with E-state index in [-0.39, 0.29) is 0 Å². The molecule has 0 saturated carbocycles. The molecule has 0 atom stereocenters. The summed E-state index contributed by atoms with van der Waals surface area (Å²) in [4.78, 5) is 0.